The first kappa shape index (κ1) is 15.2. The van der Waals surface area contributed by atoms with Gasteiger partial charge in [0.2, 0.25) is 15.9 Å². The van der Waals surface area contributed by atoms with Crippen LogP contribution in [0, 0.1) is 5.82 Å². The Morgan fingerprint density at radius 3 is 2.65 bits per heavy atom. The zero-order chi connectivity index (χ0) is 15.1. The Balaban J connectivity index is 2.42. The summed E-state index contributed by atoms with van der Waals surface area (Å²) in [5, 5.41) is 4.09. The molecular weight excluding hydrogens is 355 g/mol. The normalized spacial score (nSPS) is 19.5. The van der Waals surface area contributed by atoms with E-state index in [4.69, 9.17) is 9.88 Å². The number of primary sulfonamides is 1. The van der Waals surface area contributed by atoms with E-state index in [1.807, 2.05) is 0 Å². The molecule has 2 N–H and O–H groups in total. The second-order valence-electron chi connectivity index (χ2n) is 4.36. The minimum atomic E-state index is -3.80. The number of amides is 1. The van der Waals surface area contributed by atoms with Crippen LogP contribution >= 0.6 is 15.9 Å². The lowest BCUT2D eigenvalue weighted by molar-refractivity contribution is -0.117. The van der Waals surface area contributed by atoms with Gasteiger partial charge in [0.15, 0.2) is 0 Å². The number of carbonyl (C=O) groups is 1. The van der Waals surface area contributed by atoms with Crippen LogP contribution in [0.4, 0.5) is 10.1 Å². The minimum Gasteiger partial charge on any atom is -0.494 e. The molecule has 1 amide bonds. The molecule has 9 heteroatoms. The first-order valence-corrected chi connectivity index (χ1v) is 7.99. The summed E-state index contributed by atoms with van der Waals surface area (Å²) in [5.74, 6) is -0.796. The molecule has 1 unspecified atom stereocenters. The minimum absolute atomic E-state index is 0.0773. The molecule has 1 aliphatic heterocycles. The molecule has 0 aliphatic carbocycles. The van der Waals surface area contributed by atoms with Gasteiger partial charge in [-0.15, -0.1) is 0 Å². The van der Waals surface area contributed by atoms with E-state index in [-0.39, 0.29) is 23.2 Å². The van der Waals surface area contributed by atoms with Crippen molar-refractivity contribution >= 4 is 37.5 Å². The molecule has 1 heterocycles. The molecule has 2 rings (SSSR count). The van der Waals surface area contributed by atoms with E-state index in [2.05, 4.69) is 15.9 Å². The van der Waals surface area contributed by atoms with E-state index in [9.17, 15) is 17.6 Å². The van der Waals surface area contributed by atoms with Gasteiger partial charge < -0.3 is 9.64 Å². The van der Waals surface area contributed by atoms with Crippen molar-refractivity contribution in [2.75, 3.05) is 18.6 Å². The van der Waals surface area contributed by atoms with E-state index in [1.54, 1.807) is 0 Å². The van der Waals surface area contributed by atoms with Crippen LogP contribution in [0.1, 0.15) is 6.42 Å². The Bertz CT molecular complexity index is 665. The maximum atomic E-state index is 13.5. The number of methoxy groups -OCH3 is 1. The van der Waals surface area contributed by atoms with Crippen LogP contribution in [0.5, 0.6) is 5.75 Å². The van der Waals surface area contributed by atoms with Crippen LogP contribution in [-0.4, -0.2) is 33.2 Å². The number of halogens is 2. The highest BCUT2D eigenvalue weighted by molar-refractivity contribution is 9.10. The van der Waals surface area contributed by atoms with E-state index in [0.717, 1.165) is 6.07 Å². The number of nitrogens with zero attached hydrogens (tertiary/aromatic N) is 1. The zero-order valence-corrected chi connectivity index (χ0v) is 12.9. The van der Waals surface area contributed by atoms with E-state index < -0.39 is 27.0 Å². The number of benzene rings is 1. The van der Waals surface area contributed by atoms with Crippen LogP contribution in [0.2, 0.25) is 0 Å². The highest BCUT2D eigenvalue weighted by Gasteiger charge is 2.38. The van der Waals surface area contributed by atoms with Gasteiger partial charge in [0.25, 0.3) is 0 Å². The molecule has 0 aromatic heterocycles. The largest absolute Gasteiger partial charge is 0.494 e. The molecule has 6 nitrogen and oxygen atoms in total. The van der Waals surface area contributed by atoms with Gasteiger partial charge in [0.1, 0.15) is 16.8 Å². The topological polar surface area (TPSA) is 89.7 Å². The molecule has 1 aromatic rings. The average Bonchev–Trinajstić information content (AvgIpc) is 2.74. The van der Waals surface area contributed by atoms with Crippen LogP contribution in [0.25, 0.3) is 0 Å². The number of hydrogen-bond acceptors (Lipinski definition) is 4. The maximum Gasteiger partial charge on any atom is 0.228 e. The lowest BCUT2D eigenvalue weighted by Gasteiger charge is -2.20. The molecule has 0 saturated carbocycles. The van der Waals surface area contributed by atoms with Crippen molar-refractivity contribution in [1.29, 1.82) is 0 Å². The summed E-state index contributed by atoms with van der Waals surface area (Å²) in [6.45, 7) is -0.0773. The van der Waals surface area contributed by atoms with E-state index >= 15 is 0 Å². The van der Waals surface area contributed by atoms with Crippen molar-refractivity contribution in [3.05, 3.63) is 22.4 Å². The Morgan fingerprint density at radius 2 is 2.15 bits per heavy atom. The standard InChI is InChI=1S/C11H12BrFN2O4S/c1-19-10-4-8(13)7(12)3-9(10)15-5-6(2-11(15)16)20(14,17)18/h3-4,6H,2,5H2,1H3,(H2,14,17,18). The maximum absolute atomic E-state index is 13.5. The van der Waals surface area contributed by atoms with Crippen molar-refractivity contribution in [2.45, 2.75) is 11.7 Å². The van der Waals surface area contributed by atoms with Crippen molar-refractivity contribution in [3.8, 4) is 5.75 Å². The highest BCUT2D eigenvalue weighted by atomic mass is 79.9. The predicted molar refractivity (Wildman–Crippen MR) is 74.5 cm³/mol. The summed E-state index contributed by atoms with van der Waals surface area (Å²) >= 11 is 3.02. The third-order valence-electron chi connectivity index (χ3n) is 3.07. The smallest absolute Gasteiger partial charge is 0.228 e. The molecule has 110 valence electrons. The number of nitrogens with two attached hydrogens (primary N) is 1. The van der Waals surface area contributed by atoms with E-state index in [0.29, 0.717) is 5.69 Å². The predicted octanol–water partition coefficient (Wildman–Crippen LogP) is 0.991. The van der Waals surface area contributed by atoms with Crippen molar-refractivity contribution in [2.24, 2.45) is 5.14 Å². The van der Waals surface area contributed by atoms with Crippen molar-refractivity contribution in [1.82, 2.24) is 0 Å². The first-order valence-electron chi connectivity index (χ1n) is 5.59. The highest BCUT2D eigenvalue weighted by Crippen LogP contribution is 2.36. The summed E-state index contributed by atoms with van der Waals surface area (Å²) in [7, 11) is -2.47. The fraction of sp³-hybridized carbons (Fsp3) is 0.364. The number of hydrogen-bond donors (Lipinski definition) is 1. The van der Waals surface area contributed by atoms with Crippen LogP contribution in [-0.2, 0) is 14.8 Å². The lowest BCUT2D eigenvalue weighted by atomic mass is 10.2. The molecule has 1 saturated heterocycles. The summed E-state index contributed by atoms with van der Waals surface area (Å²) in [6.07, 6.45) is -0.197. The second kappa shape index (κ2) is 5.30. The summed E-state index contributed by atoms with van der Waals surface area (Å²) < 4.78 is 41.3. The molecule has 1 atom stereocenters. The number of sulfonamides is 1. The van der Waals surface area contributed by atoms with E-state index in [1.165, 1.54) is 18.1 Å². The molecule has 0 spiro atoms. The van der Waals surface area contributed by atoms with Gasteiger partial charge in [-0.1, -0.05) is 0 Å². The van der Waals surface area contributed by atoms with Gasteiger partial charge >= 0.3 is 0 Å². The van der Waals surface area contributed by atoms with Gasteiger partial charge in [-0.3, -0.25) is 4.79 Å². The molecule has 0 radical (unpaired) electrons. The van der Waals surface area contributed by atoms with Crippen molar-refractivity contribution in [3.63, 3.8) is 0 Å². The van der Waals surface area contributed by atoms with Gasteiger partial charge in [-0.25, -0.2) is 17.9 Å². The number of carbonyl (C=O) groups excluding carboxylic acids is 1. The molecule has 20 heavy (non-hydrogen) atoms. The van der Waals surface area contributed by atoms with Gasteiger partial charge in [0, 0.05) is 19.0 Å². The Hall–Kier alpha value is -1.19. The fourth-order valence-corrected chi connectivity index (χ4v) is 3.08. The number of rotatable bonds is 3. The molecule has 1 fully saturated rings. The fourth-order valence-electron chi connectivity index (χ4n) is 2.02. The molecule has 0 bridgehead atoms. The third-order valence-corrected chi connectivity index (χ3v) is 4.92. The quantitative estimate of drug-likeness (QED) is 0.863. The monoisotopic (exact) mass is 366 g/mol. The van der Waals surface area contributed by atoms with Gasteiger partial charge in [0.05, 0.1) is 17.3 Å². The molecule has 1 aliphatic rings. The zero-order valence-electron chi connectivity index (χ0n) is 10.5. The molecule has 1 aromatic carbocycles. The Kier molecular flexibility index (Phi) is 4.03. The Labute approximate surface area is 123 Å². The van der Waals surface area contributed by atoms with Gasteiger partial charge in [-0.2, -0.15) is 0 Å². The van der Waals surface area contributed by atoms with Crippen LogP contribution in [0.3, 0.4) is 0 Å². The Morgan fingerprint density at radius 1 is 1.50 bits per heavy atom. The molecular formula is C11H12BrFN2O4S. The number of ether oxygens (including phenoxy) is 1. The van der Waals surface area contributed by atoms with Crippen molar-refractivity contribution < 1.29 is 22.3 Å². The second-order valence-corrected chi connectivity index (χ2v) is 7.06. The lowest BCUT2D eigenvalue weighted by Crippen LogP contribution is -2.32. The average molecular weight is 367 g/mol. The summed E-state index contributed by atoms with van der Waals surface area (Å²) in [5.41, 5.74) is 0.303. The number of anilines is 1. The SMILES string of the molecule is COc1cc(F)c(Br)cc1N1CC(S(N)(=O)=O)CC1=O. The third kappa shape index (κ3) is 2.79. The van der Waals surface area contributed by atoms with Gasteiger partial charge in [-0.05, 0) is 22.0 Å². The first-order chi connectivity index (χ1) is 9.24. The van der Waals surface area contributed by atoms with Crippen LogP contribution < -0.4 is 14.8 Å². The van der Waals surface area contributed by atoms with Crippen LogP contribution in [0.15, 0.2) is 16.6 Å². The summed E-state index contributed by atoms with van der Waals surface area (Å²) in [6, 6.07) is 2.49. The summed E-state index contributed by atoms with van der Waals surface area (Å²) in [4.78, 5) is 13.2.